The van der Waals surface area contributed by atoms with E-state index in [0.717, 1.165) is 28.5 Å². The van der Waals surface area contributed by atoms with Crippen LogP contribution in [0.4, 0.5) is 0 Å². The number of quaternary nitrogens is 1. The van der Waals surface area contributed by atoms with Crippen LogP contribution in [-0.4, -0.2) is 33.0 Å². The van der Waals surface area contributed by atoms with Gasteiger partial charge in [0.25, 0.3) is 0 Å². The fourth-order valence-corrected chi connectivity index (χ4v) is 5.14. The van der Waals surface area contributed by atoms with E-state index in [9.17, 15) is 15.8 Å². The summed E-state index contributed by atoms with van der Waals surface area (Å²) in [4.78, 5) is 1.24. The Bertz CT molecular complexity index is 1180. The molecule has 0 amide bonds. The number of nitriles is 3. The molecule has 4 rings (SSSR count). The van der Waals surface area contributed by atoms with Crippen LogP contribution in [0.25, 0.3) is 10.8 Å². The quantitative estimate of drug-likeness (QED) is 0.759. The van der Waals surface area contributed by atoms with Gasteiger partial charge < -0.3 is 15.0 Å². The van der Waals surface area contributed by atoms with Gasteiger partial charge in [-0.05, 0) is 28.5 Å². The summed E-state index contributed by atoms with van der Waals surface area (Å²) in [5.74, 6) is -1.07. The van der Waals surface area contributed by atoms with Crippen molar-refractivity contribution in [1.82, 2.24) is 0 Å². The van der Waals surface area contributed by atoms with Crippen molar-refractivity contribution >= 4 is 16.5 Å². The molecular weight excluding hydrogens is 374 g/mol. The lowest BCUT2D eigenvalue weighted by molar-refractivity contribution is -0.878. The van der Waals surface area contributed by atoms with Crippen LogP contribution in [0.3, 0.4) is 0 Å². The van der Waals surface area contributed by atoms with Crippen LogP contribution >= 0.6 is 0 Å². The SMILES string of the molecule is COc1ccc2ccccc2c1[C@@H]1[C@H]2C[NH+](C)CC=C2C(C#N)C(=N)C1(C#N)C#N. The summed E-state index contributed by atoms with van der Waals surface area (Å²) < 4.78 is 5.70. The van der Waals surface area contributed by atoms with Crippen LogP contribution in [0.5, 0.6) is 5.75 Å². The zero-order valence-electron chi connectivity index (χ0n) is 16.9. The minimum Gasteiger partial charge on any atom is -0.496 e. The monoisotopic (exact) mass is 396 g/mol. The second kappa shape index (κ2) is 7.30. The zero-order valence-corrected chi connectivity index (χ0v) is 16.9. The Kier molecular flexibility index (Phi) is 4.78. The summed E-state index contributed by atoms with van der Waals surface area (Å²) in [5, 5.41) is 41.0. The normalized spacial score (nSPS) is 27.2. The van der Waals surface area contributed by atoms with Gasteiger partial charge in [0.1, 0.15) is 11.7 Å². The average Bonchev–Trinajstić information content (AvgIpc) is 2.78. The molecule has 148 valence electrons. The fraction of sp³-hybridized carbons (Fsp3) is 0.333. The second-order valence-corrected chi connectivity index (χ2v) is 8.06. The van der Waals surface area contributed by atoms with Crippen molar-refractivity contribution in [3.63, 3.8) is 0 Å². The molecule has 0 saturated heterocycles. The summed E-state index contributed by atoms with van der Waals surface area (Å²) in [5.41, 5.74) is -0.242. The maximum absolute atomic E-state index is 10.3. The highest BCUT2D eigenvalue weighted by molar-refractivity contribution is 6.02. The predicted molar refractivity (Wildman–Crippen MR) is 112 cm³/mol. The molecule has 0 aromatic heterocycles. The topological polar surface area (TPSA) is 109 Å². The number of likely N-dealkylation sites (N-methyl/N-ethyl adjacent to an activating group) is 1. The molecule has 6 nitrogen and oxygen atoms in total. The van der Waals surface area contributed by atoms with Crippen LogP contribution < -0.4 is 9.64 Å². The van der Waals surface area contributed by atoms with E-state index >= 15 is 0 Å². The van der Waals surface area contributed by atoms with Gasteiger partial charge in [-0.25, -0.2) is 0 Å². The number of hydrogen-bond donors (Lipinski definition) is 2. The summed E-state index contributed by atoms with van der Waals surface area (Å²) in [6.07, 6.45) is 2.02. The van der Waals surface area contributed by atoms with Gasteiger partial charge in [0.05, 0.1) is 51.2 Å². The summed E-state index contributed by atoms with van der Waals surface area (Å²) in [6.45, 7) is 1.43. The number of methoxy groups -OCH3 is 1. The van der Waals surface area contributed by atoms with Gasteiger partial charge in [0.2, 0.25) is 0 Å². The third-order valence-corrected chi connectivity index (χ3v) is 6.54. The Morgan fingerprint density at radius 3 is 2.53 bits per heavy atom. The first-order valence-corrected chi connectivity index (χ1v) is 9.90. The number of ether oxygens (including phenoxy) is 1. The maximum Gasteiger partial charge on any atom is 0.190 e. The van der Waals surface area contributed by atoms with Gasteiger partial charge in [0.15, 0.2) is 5.41 Å². The molecule has 6 heteroatoms. The van der Waals surface area contributed by atoms with Crippen LogP contribution in [0, 0.1) is 56.7 Å². The fourth-order valence-electron chi connectivity index (χ4n) is 5.14. The number of nitrogens with one attached hydrogen (secondary N) is 2. The van der Waals surface area contributed by atoms with Gasteiger partial charge in [-0.15, -0.1) is 0 Å². The maximum atomic E-state index is 10.3. The Hall–Kier alpha value is -3.66. The Morgan fingerprint density at radius 1 is 1.13 bits per heavy atom. The van der Waals surface area contributed by atoms with E-state index < -0.39 is 17.3 Å². The second-order valence-electron chi connectivity index (χ2n) is 8.06. The average molecular weight is 396 g/mol. The van der Waals surface area contributed by atoms with Crippen LogP contribution in [-0.2, 0) is 0 Å². The van der Waals surface area contributed by atoms with E-state index in [-0.39, 0.29) is 11.6 Å². The number of rotatable bonds is 2. The summed E-state index contributed by atoms with van der Waals surface area (Å²) >= 11 is 0. The molecule has 1 aliphatic heterocycles. The van der Waals surface area contributed by atoms with E-state index in [4.69, 9.17) is 10.1 Å². The molecule has 4 atom stereocenters. The molecule has 1 saturated carbocycles. The van der Waals surface area contributed by atoms with Gasteiger partial charge in [-0.1, -0.05) is 30.3 Å². The number of benzene rings is 2. The standard InChI is InChI=1S/C24H21N5O/c1-29-10-9-17-18(11-25)23(28)24(13-26,14-27)22(19(17)12-29)21-16-6-4-3-5-15(16)7-8-20(21)30-2/h3-9,18-19,22,28H,10,12H2,1-2H3/p+1/t18?,19-,22-/m0/s1. The number of fused-ring (bicyclic) bond motifs is 2. The van der Waals surface area contributed by atoms with Crippen molar-refractivity contribution < 1.29 is 9.64 Å². The smallest absolute Gasteiger partial charge is 0.190 e. The zero-order chi connectivity index (χ0) is 21.5. The molecule has 1 heterocycles. The van der Waals surface area contributed by atoms with Crippen LogP contribution in [0.2, 0.25) is 0 Å². The van der Waals surface area contributed by atoms with Crippen molar-refractivity contribution in [2.24, 2.45) is 17.3 Å². The van der Waals surface area contributed by atoms with Gasteiger partial charge >= 0.3 is 0 Å². The molecule has 30 heavy (non-hydrogen) atoms. The minimum atomic E-state index is -1.74. The van der Waals surface area contributed by atoms with Crippen molar-refractivity contribution in [2.75, 3.05) is 27.2 Å². The lowest BCUT2D eigenvalue weighted by Crippen LogP contribution is -3.10. The van der Waals surface area contributed by atoms with E-state index in [0.29, 0.717) is 12.3 Å². The molecule has 2 unspecified atom stereocenters. The number of hydrogen-bond acceptors (Lipinski definition) is 5. The van der Waals surface area contributed by atoms with E-state index in [1.807, 2.05) is 42.5 Å². The molecule has 1 aliphatic carbocycles. The Labute approximate surface area is 175 Å². The molecule has 2 aliphatic rings. The molecule has 2 aromatic rings. The molecular formula is C24H22N5O+. The van der Waals surface area contributed by atoms with Crippen LogP contribution in [0.1, 0.15) is 11.5 Å². The first-order chi connectivity index (χ1) is 14.5. The van der Waals surface area contributed by atoms with Crippen molar-refractivity contribution in [3.05, 3.63) is 53.6 Å². The minimum absolute atomic E-state index is 0.128. The summed E-state index contributed by atoms with van der Waals surface area (Å²) in [7, 11) is 3.64. The van der Waals surface area contributed by atoms with E-state index in [2.05, 4.69) is 25.3 Å². The highest BCUT2D eigenvalue weighted by Crippen LogP contribution is 2.55. The first-order valence-electron chi connectivity index (χ1n) is 9.90. The largest absolute Gasteiger partial charge is 0.496 e. The van der Waals surface area contributed by atoms with Crippen molar-refractivity contribution in [1.29, 1.82) is 21.2 Å². The molecule has 1 fully saturated rings. The number of nitrogens with zero attached hydrogens (tertiary/aromatic N) is 3. The van der Waals surface area contributed by atoms with Gasteiger partial charge in [0, 0.05) is 17.4 Å². The Morgan fingerprint density at radius 2 is 1.87 bits per heavy atom. The molecule has 2 aromatic carbocycles. The molecule has 0 bridgehead atoms. The lowest BCUT2D eigenvalue weighted by atomic mass is 9.54. The van der Waals surface area contributed by atoms with Gasteiger partial charge in [-0.2, -0.15) is 15.8 Å². The van der Waals surface area contributed by atoms with E-state index in [1.165, 1.54) is 4.90 Å². The third kappa shape index (κ3) is 2.61. The lowest BCUT2D eigenvalue weighted by Gasteiger charge is -2.46. The first kappa shape index (κ1) is 19.6. The van der Waals surface area contributed by atoms with Crippen LogP contribution in [0.15, 0.2) is 48.0 Å². The highest BCUT2D eigenvalue weighted by Gasteiger charge is 2.59. The van der Waals surface area contributed by atoms with E-state index in [1.54, 1.807) is 7.11 Å². The molecule has 0 spiro atoms. The molecule has 2 N–H and O–H groups in total. The van der Waals surface area contributed by atoms with Gasteiger partial charge in [-0.3, -0.25) is 0 Å². The van der Waals surface area contributed by atoms with Crippen molar-refractivity contribution in [2.45, 2.75) is 5.92 Å². The summed E-state index contributed by atoms with van der Waals surface area (Å²) in [6, 6.07) is 18.2. The highest BCUT2D eigenvalue weighted by atomic mass is 16.5. The predicted octanol–water partition coefficient (Wildman–Crippen LogP) is 2.21. The van der Waals surface area contributed by atoms with Crippen molar-refractivity contribution in [3.8, 4) is 24.0 Å². The Balaban J connectivity index is 2.10. The third-order valence-electron chi connectivity index (χ3n) is 6.54. The molecule has 0 radical (unpaired) electrons.